The molecule has 0 aliphatic heterocycles. The number of rotatable bonds is 5. The lowest BCUT2D eigenvalue weighted by Crippen LogP contribution is -2.34. The molecule has 1 heterocycles. The number of oxazole rings is 1. The Labute approximate surface area is 88.3 Å². The highest BCUT2D eigenvalue weighted by Crippen LogP contribution is 2.17. The normalized spacial score (nSPS) is 15.3. The van der Waals surface area contributed by atoms with Crippen LogP contribution in [0.2, 0.25) is 0 Å². The minimum absolute atomic E-state index is 0.0160. The summed E-state index contributed by atoms with van der Waals surface area (Å²) in [4.78, 5) is 15.3. The van der Waals surface area contributed by atoms with Gasteiger partial charge in [-0.3, -0.25) is 4.79 Å². The number of aryl methyl sites for hydroxylation is 1. The zero-order chi connectivity index (χ0) is 10.7. The molecule has 1 saturated carbocycles. The number of amides is 1. The average Bonchev–Trinajstić information content (AvgIpc) is 2.95. The summed E-state index contributed by atoms with van der Waals surface area (Å²) in [6, 6.07) is 0.555. The van der Waals surface area contributed by atoms with Crippen molar-refractivity contribution < 1.29 is 9.21 Å². The molecule has 0 unspecified atom stereocenters. The second-order valence-electron chi connectivity index (χ2n) is 3.80. The number of nitrogens with one attached hydrogen (secondary N) is 2. The van der Waals surface area contributed by atoms with Crippen molar-refractivity contribution in [1.29, 1.82) is 0 Å². The monoisotopic (exact) mass is 209 g/mol. The number of nitrogens with zero attached hydrogens (tertiary/aromatic N) is 1. The highest BCUT2D eigenvalue weighted by Gasteiger charge is 2.21. The van der Waals surface area contributed by atoms with Gasteiger partial charge < -0.3 is 15.1 Å². The van der Waals surface area contributed by atoms with Crippen LogP contribution in [-0.4, -0.2) is 23.5 Å². The molecule has 1 aliphatic rings. The molecule has 0 aromatic carbocycles. The molecule has 0 saturated heterocycles. The summed E-state index contributed by atoms with van der Waals surface area (Å²) in [6.45, 7) is 2.57. The van der Waals surface area contributed by atoms with E-state index in [0.29, 0.717) is 25.0 Å². The first-order valence-electron chi connectivity index (χ1n) is 5.15. The molecular formula is C10H15N3O2. The van der Waals surface area contributed by atoms with Crippen LogP contribution in [-0.2, 0) is 11.3 Å². The summed E-state index contributed by atoms with van der Waals surface area (Å²) >= 11 is 0. The lowest BCUT2D eigenvalue weighted by atomic mass is 10.5. The standard InChI is InChI=1S/C10H15N3O2/c1-7-4-13-10(15-7)6-12-9(14)5-11-8-2-3-8/h4,8,11H,2-3,5-6H2,1H3,(H,12,14). The highest BCUT2D eigenvalue weighted by atomic mass is 16.4. The fraction of sp³-hybridized carbons (Fsp3) is 0.600. The maximum absolute atomic E-state index is 11.3. The molecule has 5 nitrogen and oxygen atoms in total. The fourth-order valence-electron chi connectivity index (χ4n) is 1.24. The Kier molecular flexibility index (Phi) is 3.01. The van der Waals surface area contributed by atoms with Crippen molar-refractivity contribution in [3.05, 3.63) is 17.8 Å². The summed E-state index contributed by atoms with van der Waals surface area (Å²) in [5.41, 5.74) is 0. The molecule has 1 aliphatic carbocycles. The van der Waals surface area contributed by atoms with Crippen molar-refractivity contribution in [3.8, 4) is 0 Å². The van der Waals surface area contributed by atoms with E-state index < -0.39 is 0 Å². The third kappa shape index (κ3) is 3.36. The first-order valence-corrected chi connectivity index (χ1v) is 5.15. The first-order chi connectivity index (χ1) is 7.24. The Morgan fingerprint density at radius 3 is 3.07 bits per heavy atom. The largest absolute Gasteiger partial charge is 0.444 e. The number of hydrogen-bond donors (Lipinski definition) is 2. The van der Waals surface area contributed by atoms with E-state index >= 15 is 0 Å². The Bertz CT molecular complexity index is 344. The van der Waals surface area contributed by atoms with Crippen molar-refractivity contribution in [2.75, 3.05) is 6.54 Å². The topological polar surface area (TPSA) is 67.2 Å². The SMILES string of the molecule is Cc1cnc(CNC(=O)CNC2CC2)o1. The van der Waals surface area contributed by atoms with Gasteiger partial charge in [0, 0.05) is 6.04 Å². The fourth-order valence-corrected chi connectivity index (χ4v) is 1.24. The molecule has 0 atom stereocenters. The Balaban J connectivity index is 1.65. The molecule has 82 valence electrons. The molecule has 1 fully saturated rings. The van der Waals surface area contributed by atoms with E-state index in [1.54, 1.807) is 6.20 Å². The Morgan fingerprint density at radius 1 is 1.67 bits per heavy atom. The molecule has 2 rings (SSSR count). The van der Waals surface area contributed by atoms with Crippen LogP contribution in [0.3, 0.4) is 0 Å². The van der Waals surface area contributed by atoms with E-state index in [9.17, 15) is 4.79 Å². The predicted octanol–water partition coefficient (Wildman–Crippen LogP) is 0.351. The van der Waals surface area contributed by atoms with Crippen LogP contribution >= 0.6 is 0 Å². The summed E-state index contributed by atoms with van der Waals surface area (Å²) in [5, 5.41) is 5.87. The molecule has 0 bridgehead atoms. The van der Waals surface area contributed by atoms with Gasteiger partial charge >= 0.3 is 0 Å². The van der Waals surface area contributed by atoms with E-state index in [1.807, 2.05) is 6.92 Å². The third-order valence-electron chi connectivity index (χ3n) is 2.23. The zero-order valence-electron chi connectivity index (χ0n) is 8.75. The maximum atomic E-state index is 11.3. The molecule has 0 radical (unpaired) electrons. The molecule has 1 aromatic rings. The Morgan fingerprint density at radius 2 is 2.47 bits per heavy atom. The summed E-state index contributed by atoms with van der Waals surface area (Å²) in [5.74, 6) is 1.29. The smallest absolute Gasteiger partial charge is 0.234 e. The lowest BCUT2D eigenvalue weighted by molar-refractivity contribution is -0.120. The number of hydrogen-bond acceptors (Lipinski definition) is 4. The molecule has 2 N–H and O–H groups in total. The van der Waals surface area contributed by atoms with Gasteiger partial charge in [-0.25, -0.2) is 4.98 Å². The van der Waals surface area contributed by atoms with Crippen molar-refractivity contribution in [2.45, 2.75) is 32.4 Å². The van der Waals surface area contributed by atoms with Crippen LogP contribution in [0.25, 0.3) is 0 Å². The second kappa shape index (κ2) is 4.44. The number of carbonyl (C=O) groups is 1. The molecule has 1 aromatic heterocycles. The van der Waals surface area contributed by atoms with Crippen molar-refractivity contribution in [2.24, 2.45) is 0 Å². The number of aromatic nitrogens is 1. The van der Waals surface area contributed by atoms with Gasteiger partial charge in [0.2, 0.25) is 11.8 Å². The number of carbonyl (C=O) groups excluding carboxylic acids is 1. The van der Waals surface area contributed by atoms with E-state index in [4.69, 9.17) is 4.42 Å². The van der Waals surface area contributed by atoms with Gasteiger partial charge in [0.1, 0.15) is 5.76 Å². The predicted molar refractivity (Wildman–Crippen MR) is 54.1 cm³/mol. The minimum atomic E-state index is -0.0160. The quantitative estimate of drug-likeness (QED) is 0.734. The van der Waals surface area contributed by atoms with Crippen molar-refractivity contribution in [3.63, 3.8) is 0 Å². The van der Waals surface area contributed by atoms with Gasteiger partial charge in [-0.1, -0.05) is 0 Å². The second-order valence-corrected chi connectivity index (χ2v) is 3.80. The van der Waals surface area contributed by atoms with Crippen LogP contribution in [0.4, 0.5) is 0 Å². The zero-order valence-corrected chi connectivity index (χ0v) is 8.75. The molecular weight excluding hydrogens is 194 g/mol. The van der Waals surface area contributed by atoms with Gasteiger partial charge in [-0.2, -0.15) is 0 Å². The van der Waals surface area contributed by atoms with Gasteiger partial charge in [0.15, 0.2) is 0 Å². The van der Waals surface area contributed by atoms with Crippen molar-refractivity contribution in [1.82, 2.24) is 15.6 Å². The Hall–Kier alpha value is -1.36. The van der Waals surface area contributed by atoms with Crippen molar-refractivity contribution >= 4 is 5.91 Å². The maximum Gasteiger partial charge on any atom is 0.234 e. The van der Waals surface area contributed by atoms with Gasteiger partial charge in [0.05, 0.1) is 19.3 Å². The summed E-state index contributed by atoms with van der Waals surface area (Å²) in [7, 11) is 0. The van der Waals surface area contributed by atoms with E-state index in [0.717, 1.165) is 5.76 Å². The van der Waals surface area contributed by atoms with Crippen LogP contribution in [0.15, 0.2) is 10.6 Å². The summed E-state index contributed by atoms with van der Waals surface area (Å²) in [6.07, 6.45) is 4.02. The van der Waals surface area contributed by atoms with E-state index in [-0.39, 0.29) is 5.91 Å². The summed E-state index contributed by atoms with van der Waals surface area (Å²) < 4.78 is 5.23. The van der Waals surface area contributed by atoms with Gasteiger partial charge in [0.25, 0.3) is 0 Å². The molecule has 1 amide bonds. The highest BCUT2D eigenvalue weighted by molar-refractivity contribution is 5.77. The van der Waals surface area contributed by atoms with E-state index in [1.165, 1.54) is 12.8 Å². The van der Waals surface area contributed by atoms with Crippen LogP contribution in [0.5, 0.6) is 0 Å². The molecule has 15 heavy (non-hydrogen) atoms. The van der Waals surface area contributed by atoms with Gasteiger partial charge in [-0.05, 0) is 19.8 Å². The van der Waals surface area contributed by atoms with Crippen LogP contribution in [0.1, 0.15) is 24.5 Å². The van der Waals surface area contributed by atoms with Gasteiger partial charge in [-0.15, -0.1) is 0 Å². The average molecular weight is 209 g/mol. The molecule has 0 spiro atoms. The molecule has 5 heteroatoms. The van der Waals surface area contributed by atoms with Crippen LogP contribution < -0.4 is 10.6 Å². The lowest BCUT2D eigenvalue weighted by Gasteiger charge is -2.03. The third-order valence-corrected chi connectivity index (χ3v) is 2.23. The van der Waals surface area contributed by atoms with Crippen LogP contribution in [0, 0.1) is 6.92 Å². The van der Waals surface area contributed by atoms with E-state index in [2.05, 4.69) is 15.6 Å². The first kappa shape index (κ1) is 10.2. The minimum Gasteiger partial charge on any atom is -0.444 e.